The van der Waals surface area contributed by atoms with Crippen LogP contribution in [-0.2, 0) is 6.54 Å². The monoisotopic (exact) mass is 352 g/mol. The van der Waals surface area contributed by atoms with Gasteiger partial charge in [0.05, 0.1) is 29.6 Å². The summed E-state index contributed by atoms with van der Waals surface area (Å²) in [4.78, 5) is 3.03. The van der Waals surface area contributed by atoms with Gasteiger partial charge in [-0.2, -0.15) is 0 Å². The molecule has 0 aliphatic carbocycles. The number of allylic oxidation sites excluding steroid dienone is 2. The summed E-state index contributed by atoms with van der Waals surface area (Å²) in [6.07, 6.45) is 11.5. The minimum atomic E-state index is -0.311. The summed E-state index contributed by atoms with van der Waals surface area (Å²) in [5.74, 6) is 3.36. The van der Waals surface area contributed by atoms with Crippen LogP contribution in [-0.4, -0.2) is 16.2 Å². The van der Waals surface area contributed by atoms with Crippen LogP contribution in [0.15, 0.2) is 55.8 Å². The highest BCUT2D eigenvalue weighted by atomic mass is 35.5. The third-order valence-electron chi connectivity index (χ3n) is 3.49. The van der Waals surface area contributed by atoms with Gasteiger partial charge in [0, 0.05) is 10.2 Å². The molecule has 0 saturated carbocycles. The molecule has 114 valence electrons. The van der Waals surface area contributed by atoms with E-state index in [1.165, 1.54) is 0 Å². The Morgan fingerprint density at radius 2 is 2.27 bits per heavy atom. The number of halogens is 2. The van der Waals surface area contributed by atoms with Crippen LogP contribution in [0.2, 0.25) is 0 Å². The molecule has 0 saturated heterocycles. The number of hydrogen-bond acceptors (Lipinski definition) is 4. The van der Waals surface area contributed by atoms with E-state index >= 15 is 0 Å². The molecule has 1 aromatic rings. The van der Waals surface area contributed by atoms with E-state index in [1.807, 2.05) is 29.2 Å². The van der Waals surface area contributed by atoms with Gasteiger partial charge in [0.2, 0.25) is 0 Å². The normalized spacial score (nSPS) is 22.1. The fraction of sp³-hybridized carbons (Fsp3) is 0.250. The minimum absolute atomic E-state index is 0.0593. The summed E-state index contributed by atoms with van der Waals surface area (Å²) in [5, 5.41) is 1.40. The van der Waals surface area contributed by atoms with Gasteiger partial charge in [-0.25, -0.2) is 0 Å². The van der Waals surface area contributed by atoms with Crippen LogP contribution in [0.4, 0.5) is 0 Å². The molecule has 3 heterocycles. The average molecular weight is 353 g/mol. The Balaban J connectivity index is 1.89. The predicted molar refractivity (Wildman–Crippen MR) is 92.0 cm³/mol. The van der Waals surface area contributed by atoms with Gasteiger partial charge in [-0.15, -0.1) is 18.2 Å². The lowest BCUT2D eigenvalue weighted by Crippen LogP contribution is -2.23. The van der Waals surface area contributed by atoms with Crippen LogP contribution in [0.5, 0.6) is 0 Å². The van der Waals surface area contributed by atoms with Crippen molar-refractivity contribution in [3.8, 4) is 12.3 Å². The largest absolute Gasteiger partial charge is 0.467 e. The van der Waals surface area contributed by atoms with Crippen molar-refractivity contribution in [2.24, 2.45) is 5.73 Å². The predicted octanol–water partition coefficient (Wildman–Crippen LogP) is 3.98. The molecule has 0 spiro atoms. The van der Waals surface area contributed by atoms with Gasteiger partial charge in [0.15, 0.2) is 0 Å². The smallest absolute Gasteiger partial charge is 0.123 e. The van der Waals surface area contributed by atoms with Gasteiger partial charge in [-0.05, 0) is 30.7 Å². The van der Waals surface area contributed by atoms with Crippen molar-refractivity contribution in [2.75, 3.05) is 0 Å². The highest BCUT2D eigenvalue weighted by Crippen LogP contribution is 2.50. The summed E-state index contributed by atoms with van der Waals surface area (Å²) < 4.78 is 5.41. The van der Waals surface area contributed by atoms with Crippen LogP contribution in [0.25, 0.3) is 0 Å². The van der Waals surface area contributed by atoms with E-state index in [1.54, 1.807) is 18.0 Å². The Kier molecular flexibility index (Phi) is 4.60. The second kappa shape index (κ2) is 6.47. The van der Waals surface area contributed by atoms with Crippen LogP contribution in [0.1, 0.15) is 12.2 Å². The van der Waals surface area contributed by atoms with E-state index in [2.05, 4.69) is 5.92 Å². The van der Waals surface area contributed by atoms with Crippen molar-refractivity contribution >= 4 is 35.0 Å². The first-order chi connectivity index (χ1) is 10.6. The maximum Gasteiger partial charge on any atom is 0.123 e. The lowest BCUT2D eigenvalue weighted by Gasteiger charge is -2.27. The second-order valence-corrected chi connectivity index (χ2v) is 7.04. The molecular formula is C16H14Cl2N2OS. The zero-order valence-electron chi connectivity index (χ0n) is 11.6. The van der Waals surface area contributed by atoms with E-state index < -0.39 is 0 Å². The highest BCUT2D eigenvalue weighted by Gasteiger charge is 2.35. The Morgan fingerprint density at radius 3 is 2.95 bits per heavy atom. The number of terminal acetylenes is 1. The summed E-state index contributed by atoms with van der Waals surface area (Å²) in [6, 6.07) is 3.45. The first kappa shape index (κ1) is 15.6. The first-order valence-electron chi connectivity index (χ1n) is 6.76. The van der Waals surface area contributed by atoms with Crippen LogP contribution < -0.4 is 5.73 Å². The van der Waals surface area contributed by atoms with E-state index in [9.17, 15) is 0 Å². The molecule has 0 bridgehead atoms. The number of thioether (sulfide) groups is 1. The molecular weight excluding hydrogens is 339 g/mol. The first-order valence-corrected chi connectivity index (χ1v) is 8.39. The van der Waals surface area contributed by atoms with Gasteiger partial charge >= 0.3 is 0 Å². The molecule has 2 atom stereocenters. The van der Waals surface area contributed by atoms with Crippen molar-refractivity contribution in [1.82, 2.24) is 4.90 Å². The molecule has 2 unspecified atom stereocenters. The van der Waals surface area contributed by atoms with E-state index in [0.717, 1.165) is 21.4 Å². The Hall–Kier alpha value is -1.25. The molecule has 0 aromatic carbocycles. The lowest BCUT2D eigenvalue weighted by molar-refractivity contribution is 0.384. The van der Waals surface area contributed by atoms with Gasteiger partial charge in [0.1, 0.15) is 10.9 Å². The number of fused-ring (bicyclic) bond motifs is 1. The number of furan rings is 1. The molecule has 2 aliphatic rings. The number of hydrogen-bond donors (Lipinski definition) is 1. The van der Waals surface area contributed by atoms with Crippen molar-refractivity contribution in [2.45, 2.75) is 24.3 Å². The fourth-order valence-electron chi connectivity index (χ4n) is 2.42. The van der Waals surface area contributed by atoms with Gasteiger partial charge < -0.3 is 15.1 Å². The van der Waals surface area contributed by atoms with Gasteiger partial charge in [0.25, 0.3) is 0 Å². The number of rotatable bonds is 4. The molecule has 22 heavy (non-hydrogen) atoms. The maximum absolute atomic E-state index is 6.59. The van der Waals surface area contributed by atoms with Crippen molar-refractivity contribution in [3.63, 3.8) is 0 Å². The third kappa shape index (κ3) is 2.95. The molecule has 2 aliphatic heterocycles. The topological polar surface area (TPSA) is 42.4 Å². The van der Waals surface area contributed by atoms with Crippen molar-refractivity contribution in [3.05, 3.63) is 57.1 Å². The van der Waals surface area contributed by atoms with Crippen LogP contribution >= 0.6 is 35.0 Å². The number of nitrogens with two attached hydrogens (primary N) is 1. The van der Waals surface area contributed by atoms with E-state index in [4.69, 9.17) is 39.8 Å². The standard InChI is InChI=1S/C16H14Cl2N2OS/c1-2-10(19)8-13-15(18)16-12(22-13)5-6-14(17)20(16)9-11-4-3-7-21-11/h1,3-7,10,13H,8-9,19H2. The zero-order chi connectivity index (χ0) is 15.7. The summed E-state index contributed by atoms with van der Waals surface area (Å²) in [6.45, 7) is 0.527. The van der Waals surface area contributed by atoms with Crippen LogP contribution in [0.3, 0.4) is 0 Å². The molecule has 0 radical (unpaired) electrons. The lowest BCUT2D eigenvalue weighted by atomic mass is 10.1. The molecule has 1 aromatic heterocycles. The zero-order valence-corrected chi connectivity index (χ0v) is 14.0. The molecule has 6 heteroatoms. The van der Waals surface area contributed by atoms with Gasteiger partial charge in [-0.3, -0.25) is 0 Å². The van der Waals surface area contributed by atoms with Gasteiger partial charge in [-0.1, -0.05) is 29.1 Å². The molecule has 0 amide bonds. The highest BCUT2D eigenvalue weighted by molar-refractivity contribution is 8.04. The maximum atomic E-state index is 6.59. The second-order valence-electron chi connectivity index (χ2n) is 5.00. The SMILES string of the molecule is C#CC(N)CC1SC2=CC=C(Cl)N(Cc3ccco3)C2=C1Cl. The summed E-state index contributed by atoms with van der Waals surface area (Å²) in [5.41, 5.74) is 6.78. The molecule has 3 rings (SSSR count). The Labute approximate surface area is 143 Å². The minimum Gasteiger partial charge on any atom is -0.467 e. The summed E-state index contributed by atoms with van der Waals surface area (Å²) in [7, 11) is 0. The number of nitrogens with zero attached hydrogens (tertiary/aromatic N) is 1. The molecule has 0 fully saturated rings. The van der Waals surface area contributed by atoms with Crippen molar-refractivity contribution < 1.29 is 4.42 Å². The summed E-state index contributed by atoms with van der Waals surface area (Å²) >= 11 is 14.6. The average Bonchev–Trinajstić information content (AvgIpc) is 3.11. The molecule has 2 N–H and O–H groups in total. The third-order valence-corrected chi connectivity index (χ3v) is 5.69. The van der Waals surface area contributed by atoms with E-state index in [-0.39, 0.29) is 11.3 Å². The quantitative estimate of drug-likeness (QED) is 0.657. The Morgan fingerprint density at radius 1 is 1.45 bits per heavy atom. The Bertz CT molecular complexity index is 700. The van der Waals surface area contributed by atoms with Crippen molar-refractivity contribution in [1.29, 1.82) is 0 Å². The molecule has 3 nitrogen and oxygen atoms in total. The van der Waals surface area contributed by atoms with E-state index in [0.29, 0.717) is 18.1 Å². The van der Waals surface area contributed by atoms with Crippen LogP contribution in [0, 0.1) is 12.3 Å². The fourth-order valence-corrected chi connectivity index (χ4v) is 4.41.